The van der Waals surface area contributed by atoms with Crippen LogP contribution in [0.3, 0.4) is 0 Å². The van der Waals surface area contributed by atoms with E-state index in [4.69, 9.17) is 18.9 Å². The quantitative estimate of drug-likeness (QED) is 0.430. The Morgan fingerprint density at radius 3 is 2.00 bits per heavy atom. The Morgan fingerprint density at radius 1 is 0.828 bits per heavy atom. The highest BCUT2D eigenvalue weighted by Crippen LogP contribution is 2.29. The monoisotopic (exact) mass is 401 g/mol. The molecule has 0 amide bonds. The molecule has 0 heterocycles. The minimum Gasteiger partial charge on any atom is -0.493 e. The van der Waals surface area contributed by atoms with Crippen molar-refractivity contribution in [1.82, 2.24) is 5.32 Å². The maximum absolute atomic E-state index is 12.9. The van der Waals surface area contributed by atoms with E-state index in [2.05, 4.69) is 5.32 Å². The molecule has 2 rings (SSSR count). The van der Waals surface area contributed by atoms with Gasteiger partial charge in [-0.15, -0.1) is 0 Å². The highest BCUT2D eigenvalue weighted by atomic mass is 16.5. The number of nitrogens with one attached hydrogen (secondary N) is 1. The molecule has 0 aliphatic heterocycles. The van der Waals surface area contributed by atoms with Gasteiger partial charge in [0.15, 0.2) is 28.8 Å². The third kappa shape index (κ3) is 5.87. The molecule has 158 valence electrons. The van der Waals surface area contributed by atoms with Gasteiger partial charge >= 0.3 is 0 Å². The summed E-state index contributed by atoms with van der Waals surface area (Å²) in [4.78, 5) is 12.9. The Labute approximate surface area is 173 Å². The molecule has 0 aliphatic carbocycles. The molecule has 0 fully saturated rings. The number of Topliss-reactive ketones (excluding diaryl/α,β-unsaturated/α-hetero) is 1. The number of aryl methyl sites for hydroxylation is 1. The Kier molecular flexibility index (Phi) is 8.80. The highest BCUT2D eigenvalue weighted by Gasteiger charge is 2.19. The molecule has 0 bridgehead atoms. The van der Waals surface area contributed by atoms with E-state index >= 15 is 0 Å². The van der Waals surface area contributed by atoms with Crippen molar-refractivity contribution < 1.29 is 23.7 Å². The van der Waals surface area contributed by atoms with E-state index in [-0.39, 0.29) is 11.8 Å². The first kappa shape index (κ1) is 22.6. The Morgan fingerprint density at radius 2 is 1.41 bits per heavy atom. The second-order valence-corrected chi connectivity index (χ2v) is 6.71. The van der Waals surface area contributed by atoms with Gasteiger partial charge in [-0.25, -0.2) is 0 Å². The Hall–Kier alpha value is -2.73. The van der Waals surface area contributed by atoms with Crippen LogP contribution in [-0.4, -0.2) is 47.3 Å². The molecule has 0 saturated heterocycles. The van der Waals surface area contributed by atoms with Gasteiger partial charge in [0, 0.05) is 5.56 Å². The number of likely N-dealkylation sites (N-methyl/N-ethyl adjacent to an activating group) is 1. The van der Waals surface area contributed by atoms with Gasteiger partial charge in [0.1, 0.15) is 0 Å². The topological polar surface area (TPSA) is 66.0 Å². The van der Waals surface area contributed by atoms with Crippen LogP contribution in [0.5, 0.6) is 23.0 Å². The van der Waals surface area contributed by atoms with E-state index in [9.17, 15) is 4.79 Å². The summed E-state index contributed by atoms with van der Waals surface area (Å²) in [6.07, 6.45) is 3.59. The third-order valence-electron chi connectivity index (χ3n) is 4.99. The maximum Gasteiger partial charge on any atom is 0.179 e. The van der Waals surface area contributed by atoms with Gasteiger partial charge in [-0.05, 0) is 62.2 Å². The molecule has 29 heavy (non-hydrogen) atoms. The van der Waals surface area contributed by atoms with Crippen molar-refractivity contribution in [2.75, 3.05) is 35.5 Å². The molecule has 6 nitrogen and oxygen atoms in total. The second kappa shape index (κ2) is 11.3. The zero-order chi connectivity index (χ0) is 21.2. The average molecular weight is 402 g/mol. The smallest absolute Gasteiger partial charge is 0.179 e. The average Bonchev–Trinajstić information content (AvgIpc) is 2.77. The molecule has 6 heteroatoms. The number of hydrogen-bond acceptors (Lipinski definition) is 6. The molecule has 0 aliphatic rings. The number of carbonyl (C=O) groups is 1. The van der Waals surface area contributed by atoms with Crippen molar-refractivity contribution in [3.8, 4) is 23.0 Å². The van der Waals surface area contributed by atoms with Crippen LogP contribution < -0.4 is 24.3 Å². The van der Waals surface area contributed by atoms with Crippen molar-refractivity contribution in [2.24, 2.45) is 0 Å². The summed E-state index contributed by atoms with van der Waals surface area (Å²) < 4.78 is 21.2. The predicted octanol–water partition coefficient (Wildman–Crippen LogP) is 3.90. The van der Waals surface area contributed by atoms with Crippen molar-refractivity contribution in [1.29, 1.82) is 0 Å². The Bertz CT molecular complexity index is 806. The van der Waals surface area contributed by atoms with Crippen molar-refractivity contribution >= 4 is 5.78 Å². The number of rotatable bonds is 12. The summed E-state index contributed by atoms with van der Waals surface area (Å²) in [6.45, 7) is 0. The molecule has 1 atom stereocenters. The van der Waals surface area contributed by atoms with E-state index < -0.39 is 0 Å². The van der Waals surface area contributed by atoms with Gasteiger partial charge in [-0.3, -0.25) is 4.79 Å². The zero-order valence-electron chi connectivity index (χ0n) is 17.9. The summed E-state index contributed by atoms with van der Waals surface area (Å²) in [5.41, 5.74) is 1.80. The van der Waals surface area contributed by atoms with Gasteiger partial charge in [-0.2, -0.15) is 0 Å². The standard InChI is InChI=1S/C23H31NO5/c1-24-18(23(25)17-11-13-20(27-3)22(15-17)29-5)9-7-6-8-16-10-12-19(26-2)21(14-16)28-4/h10-15,18,24H,6-9H2,1-5H3. The zero-order valence-corrected chi connectivity index (χ0v) is 17.9. The summed E-state index contributed by atoms with van der Waals surface area (Å²) in [7, 11) is 8.23. The van der Waals surface area contributed by atoms with Crippen LogP contribution in [0.25, 0.3) is 0 Å². The normalized spacial score (nSPS) is 11.6. The van der Waals surface area contributed by atoms with E-state index in [1.807, 2.05) is 25.2 Å². The number of ketones is 1. The first-order valence-electron chi connectivity index (χ1n) is 9.72. The molecule has 0 spiro atoms. The molecule has 1 N–H and O–H groups in total. The lowest BCUT2D eigenvalue weighted by Crippen LogP contribution is -2.34. The summed E-state index contributed by atoms with van der Waals surface area (Å²) >= 11 is 0. The fraction of sp³-hybridized carbons (Fsp3) is 0.435. The van der Waals surface area contributed by atoms with Crippen LogP contribution in [-0.2, 0) is 6.42 Å². The van der Waals surface area contributed by atoms with Crippen LogP contribution >= 0.6 is 0 Å². The molecular weight excluding hydrogens is 370 g/mol. The molecule has 0 aromatic heterocycles. The minimum atomic E-state index is -0.237. The summed E-state index contributed by atoms with van der Waals surface area (Å²) in [5.74, 6) is 2.69. The summed E-state index contributed by atoms with van der Waals surface area (Å²) in [6, 6.07) is 11.0. The number of carbonyl (C=O) groups excluding carboxylic acids is 1. The van der Waals surface area contributed by atoms with Crippen LogP contribution in [0.2, 0.25) is 0 Å². The Balaban J connectivity index is 1.92. The van der Waals surface area contributed by atoms with Crippen LogP contribution in [0.4, 0.5) is 0 Å². The van der Waals surface area contributed by atoms with Crippen molar-refractivity contribution in [2.45, 2.75) is 31.7 Å². The summed E-state index contributed by atoms with van der Waals surface area (Å²) in [5, 5.41) is 3.14. The highest BCUT2D eigenvalue weighted by molar-refractivity contribution is 6.00. The van der Waals surface area contributed by atoms with Crippen molar-refractivity contribution in [3.63, 3.8) is 0 Å². The lowest BCUT2D eigenvalue weighted by atomic mass is 9.97. The largest absolute Gasteiger partial charge is 0.493 e. The van der Waals surface area contributed by atoms with Gasteiger partial charge < -0.3 is 24.3 Å². The van der Waals surface area contributed by atoms with Gasteiger partial charge in [0.2, 0.25) is 0 Å². The second-order valence-electron chi connectivity index (χ2n) is 6.71. The van der Waals surface area contributed by atoms with Gasteiger partial charge in [-0.1, -0.05) is 12.5 Å². The van der Waals surface area contributed by atoms with Gasteiger partial charge in [0.25, 0.3) is 0 Å². The molecule has 0 saturated carbocycles. The number of methoxy groups -OCH3 is 4. The van der Waals surface area contributed by atoms with Crippen LogP contribution in [0, 0.1) is 0 Å². The number of hydrogen-bond donors (Lipinski definition) is 1. The molecular formula is C23H31NO5. The first-order chi connectivity index (χ1) is 14.1. The lowest BCUT2D eigenvalue weighted by molar-refractivity contribution is 0.0940. The molecule has 2 aromatic carbocycles. The fourth-order valence-corrected chi connectivity index (χ4v) is 3.31. The van der Waals surface area contributed by atoms with Crippen LogP contribution in [0.15, 0.2) is 36.4 Å². The van der Waals surface area contributed by atoms with E-state index in [1.54, 1.807) is 46.6 Å². The third-order valence-corrected chi connectivity index (χ3v) is 4.99. The van der Waals surface area contributed by atoms with Crippen molar-refractivity contribution in [3.05, 3.63) is 47.5 Å². The van der Waals surface area contributed by atoms with Crippen LogP contribution in [0.1, 0.15) is 35.2 Å². The van der Waals surface area contributed by atoms with Gasteiger partial charge in [0.05, 0.1) is 34.5 Å². The van der Waals surface area contributed by atoms with E-state index in [0.717, 1.165) is 37.2 Å². The fourth-order valence-electron chi connectivity index (χ4n) is 3.31. The first-order valence-corrected chi connectivity index (χ1v) is 9.72. The number of benzene rings is 2. The molecule has 1 unspecified atom stereocenters. The van der Waals surface area contributed by atoms with E-state index in [0.29, 0.717) is 17.1 Å². The predicted molar refractivity (Wildman–Crippen MR) is 114 cm³/mol. The van der Waals surface area contributed by atoms with E-state index in [1.165, 1.54) is 5.56 Å². The lowest BCUT2D eigenvalue weighted by Gasteiger charge is -2.16. The minimum absolute atomic E-state index is 0.0552. The maximum atomic E-state index is 12.9. The number of ether oxygens (including phenoxy) is 4. The SMILES string of the molecule is CNC(CCCCc1ccc(OC)c(OC)c1)C(=O)c1ccc(OC)c(OC)c1. The molecule has 2 aromatic rings. The number of unbranched alkanes of at least 4 members (excludes halogenated alkanes) is 1. The molecule has 0 radical (unpaired) electrons.